The molecule has 98 valence electrons. The van der Waals surface area contributed by atoms with Crippen LogP contribution in [-0.2, 0) is 4.84 Å². The van der Waals surface area contributed by atoms with Crippen LogP contribution in [0.5, 0.6) is 5.75 Å². The Balaban J connectivity index is 2.52. The summed E-state index contributed by atoms with van der Waals surface area (Å²) < 4.78 is 0. The lowest BCUT2D eigenvalue weighted by Crippen LogP contribution is -2.04. The zero-order chi connectivity index (χ0) is 13.8. The molecule has 4 heteroatoms. The highest BCUT2D eigenvalue weighted by molar-refractivity contribution is 6.31. The van der Waals surface area contributed by atoms with Gasteiger partial charge in [0.15, 0.2) is 0 Å². The normalized spacial score (nSPS) is 11.4. The van der Waals surface area contributed by atoms with Gasteiger partial charge in [-0.2, -0.15) is 0 Å². The number of oxime groups is 1. The fourth-order valence-corrected chi connectivity index (χ4v) is 1.99. The number of halogens is 1. The lowest BCUT2D eigenvalue weighted by molar-refractivity contribution is 0.214. The summed E-state index contributed by atoms with van der Waals surface area (Å²) in [6, 6.07) is 12.7. The third-order valence-corrected chi connectivity index (χ3v) is 2.99. The summed E-state index contributed by atoms with van der Waals surface area (Å²) in [6.07, 6.45) is 0. The Kier molecular flexibility index (Phi) is 4.07. The molecule has 2 aromatic rings. The van der Waals surface area contributed by atoms with Crippen LogP contribution in [0.4, 0.5) is 0 Å². The predicted octanol–water partition coefficient (Wildman–Crippen LogP) is 3.75. The predicted molar refractivity (Wildman–Crippen MR) is 76.9 cm³/mol. The fraction of sp³-hybridized carbons (Fsp3) is 0.133. The molecule has 0 bridgehead atoms. The lowest BCUT2D eigenvalue weighted by atomic mass is 10.0. The summed E-state index contributed by atoms with van der Waals surface area (Å²) in [7, 11) is 1.50. The van der Waals surface area contributed by atoms with Gasteiger partial charge in [0.1, 0.15) is 18.6 Å². The second-order valence-electron chi connectivity index (χ2n) is 4.13. The largest absolute Gasteiger partial charge is 0.508 e. The molecular formula is C15H14ClNO2. The Hall–Kier alpha value is -2.00. The maximum atomic E-state index is 9.58. The summed E-state index contributed by atoms with van der Waals surface area (Å²) in [4.78, 5) is 4.91. The van der Waals surface area contributed by atoms with Crippen molar-refractivity contribution in [2.24, 2.45) is 5.16 Å². The summed E-state index contributed by atoms with van der Waals surface area (Å²) >= 11 is 6.00. The molecule has 0 atom stereocenters. The third-order valence-electron chi connectivity index (χ3n) is 2.75. The first-order chi connectivity index (χ1) is 9.11. The van der Waals surface area contributed by atoms with Gasteiger partial charge >= 0.3 is 0 Å². The molecule has 0 aliphatic heterocycles. The molecule has 0 radical (unpaired) electrons. The number of nitrogens with zero attached hydrogens (tertiary/aromatic N) is 1. The topological polar surface area (TPSA) is 41.8 Å². The molecule has 0 aliphatic rings. The summed E-state index contributed by atoms with van der Waals surface area (Å²) in [6.45, 7) is 1.83. The van der Waals surface area contributed by atoms with Gasteiger partial charge in [0.25, 0.3) is 0 Å². The number of aromatic hydroxyl groups is 1. The van der Waals surface area contributed by atoms with Gasteiger partial charge in [0.05, 0.1) is 0 Å². The second-order valence-corrected chi connectivity index (χ2v) is 4.57. The van der Waals surface area contributed by atoms with Crippen molar-refractivity contribution in [3.8, 4) is 5.75 Å². The van der Waals surface area contributed by atoms with Crippen LogP contribution in [0, 0.1) is 6.92 Å². The molecule has 0 saturated carbocycles. The maximum Gasteiger partial charge on any atom is 0.118 e. The molecule has 0 amide bonds. The van der Waals surface area contributed by atoms with Crippen molar-refractivity contribution >= 4 is 17.3 Å². The van der Waals surface area contributed by atoms with Gasteiger partial charge in [-0.05, 0) is 42.8 Å². The average Bonchev–Trinajstić information content (AvgIpc) is 2.39. The van der Waals surface area contributed by atoms with E-state index in [2.05, 4.69) is 5.16 Å². The first-order valence-corrected chi connectivity index (χ1v) is 6.16. The van der Waals surface area contributed by atoms with Crippen molar-refractivity contribution in [3.63, 3.8) is 0 Å². The van der Waals surface area contributed by atoms with E-state index in [9.17, 15) is 5.11 Å². The molecular weight excluding hydrogens is 262 g/mol. The molecule has 0 unspecified atom stereocenters. The van der Waals surface area contributed by atoms with E-state index in [4.69, 9.17) is 16.4 Å². The van der Waals surface area contributed by atoms with Crippen LogP contribution in [0.1, 0.15) is 16.7 Å². The van der Waals surface area contributed by atoms with E-state index >= 15 is 0 Å². The fourth-order valence-electron chi connectivity index (χ4n) is 1.80. The average molecular weight is 276 g/mol. The molecule has 2 aromatic carbocycles. The molecule has 0 fully saturated rings. The second kappa shape index (κ2) is 5.76. The number of benzene rings is 2. The van der Waals surface area contributed by atoms with E-state index in [0.29, 0.717) is 10.7 Å². The van der Waals surface area contributed by atoms with Crippen LogP contribution >= 0.6 is 11.6 Å². The Labute approximate surface area is 117 Å². The summed E-state index contributed by atoms with van der Waals surface area (Å²) in [5, 5.41) is 14.3. The van der Waals surface area contributed by atoms with Crippen molar-refractivity contribution < 1.29 is 9.94 Å². The standard InChI is InChI=1S/C15H14ClNO2/c1-10-8-12(6-7-14(10)18)15(17-19-2)11-4-3-5-13(16)9-11/h3-9,18H,1-2H3/b17-15+. The van der Waals surface area contributed by atoms with E-state index in [1.54, 1.807) is 18.2 Å². The Morgan fingerprint density at radius 3 is 2.53 bits per heavy atom. The van der Waals surface area contributed by atoms with Gasteiger partial charge in [-0.15, -0.1) is 0 Å². The van der Waals surface area contributed by atoms with Crippen molar-refractivity contribution in [3.05, 3.63) is 64.2 Å². The zero-order valence-corrected chi connectivity index (χ0v) is 11.5. The zero-order valence-electron chi connectivity index (χ0n) is 10.7. The lowest BCUT2D eigenvalue weighted by Gasteiger charge is -2.08. The van der Waals surface area contributed by atoms with Gasteiger partial charge < -0.3 is 9.94 Å². The maximum absolute atomic E-state index is 9.58. The van der Waals surface area contributed by atoms with Crippen LogP contribution in [0.2, 0.25) is 5.02 Å². The highest BCUT2D eigenvalue weighted by Crippen LogP contribution is 2.21. The molecule has 19 heavy (non-hydrogen) atoms. The van der Waals surface area contributed by atoms with Crippen LogP contribution in [0.3, 0.4) is 0 Å². The SMILES string of the molecule is CO/N=C(\c1cccc(Cl)c1)c1ccc(O)c(C)c1. The van der Waals surface area contributed by atoms with Crippen molar-refractivity contribution in [2.75, 3.05) is 7.11 Å². The van der Waals surface area contributed by atoms with E-state index in [0.717, 1.165) is 16.7 Å². The van der Waals surface area contributed by atoms with Crippen LogP contribution in [-0.4, -0.2) is 17.9 Å². The monoisotopic (exact) mass is 275 g/mol. The van der Waals surface area contributed by atoms with Crippen molar-refractivity contribution in [1.82, 2.24) is 0 Å². The number of aryl methyl sites for hydroxylation is 1. The molecule has 1 N–H and O–H groups in total. The van der Waals surface area contributed by atoms with Crippen LogP contribution in [0.15, 0.2) is 47.6 Å². The highest BCUT2D eigenvalue weighted by atomic mass is 35.5. The van der Waals surface area contributed by atoms with E-state index in [-0.39, 0.29) is 5.75 Å². The minimum absolute atomic E-state index is 0.256. The third kappa shape index (κ3) is 3.06. The summed E-state index contributed by atoms with van der Waals surface area (Å²) in [5.41, 5.74) is 3.18. The summed E-state index contributed by atoms with van der Waals surface area (Å²) in [5.74, 6) is 0.256. The Morgan fingerprint density at radius 2 is 1.89 bits per heavy atom. The van der Waals surface area contributed by atoms with Gasteiger partial charge in [0, 0.05) is 16.1 Å². The van der Waals surface area contributed by atoms with Gasteiger partial charge in [-0.3, -0.25) is 0 Å². The van der Waals surface area contributed by atoms with E-state index in [1.807, 2.05) is 31.2 Å². The van der Waals surface area contributed by atoms with Crippen LogP contribution < -0.4 is 0 Å². The minimum Gasteiger partial charge on any atom is -0.508 e. The number of rotatable bonds is 3. The molecule has 0 spiro atoms. The molecule has 0 heterocycles. The molecule has 0 saturated heterocycles. The smallest absolute Gasteiger partial charge is 0.118 e. The molecule has 0 aliphatic carbocycles. The van der Waals surface area contributed by atoms with Gasteiger partial charge in [-0.25, -0.2) is 0 Å². The van der Waals surface area contributed by atoms with Gasteiger partial charge in [0.2, 0.25) is 0 Å². The van der Waals surface area contributed by atoms with Gasteiger partial charge in [-0.1, -0.05) is 28.9 Å². The van der Waals surface area contributed by atoms with Crippen molar-refractivity contribution in [2.45, 2.75) is 6.92 Å². The molecule has 0 aromatic heterocycles. The Bertz CT molecular complexity index is 623. The number of hydrogen-bond donors (Lipinski definition) is 1. The Morgan fingerprint density at radius 1 is 1.16 bits per heavy atom. The first-order valence-electron chi connectivity index (χ1n) is 5.79. The molecule has 2 rings (SSSR count). The number of phenols is 1. The quantitative estimate of drug-likeness (QED) is 0.685. The van der Waals surface area contributed by atoms with Crippen LogP contribution in [0.25, 0.3) is 0 Å². The van der Waals surface area contributed by atoms with Crippen molar-refractivity contribution in [1.29, 1.82) is 0 Å². The first kappa shape index (κ1) is 13.4. The van der Waals surface area contributed by atoms with E-state index < -0.39 is 0 Å². The highest BCUT2D eigenvalue weighted by Gasteiger charge is 2.10. The molecule has 3 nitrogen and oxygen atoms in total. The number of hydrogen-bond acceptors (Lipinski definition) is 3. The number of phenolic OH excluding ortho intramolecular Hbond substituents is 1. The van der Waals surface area contributed by atoms with E-state index in [1.165, 1.54) is 7.11 Å². The minimum atomic E-state index is 0.256.